The van der Waals surface area contributed by atoms with Crippen molar-refractivity contribution in [1.82, 2.24) is 44.4 Å². The summed E-state index contributed by atoms with van der Waals surface area (Å²) in [6, 6.07) is 11.9. The maximum absolute atomic E-state index is 14.1. The van der Waals surface area contributed by atoms with Gasteiger partial charge in [-0.15, -0.1) is 12.4 Å². The number of imide groups is 1. The fourth-order valence-corrected chi connectivity index (χ4v) is 8.99. The maximum Gasteiger partial charge on any atom is 0.329 e. The van der Waals surface area contributed by atoms with Gasteiger partial charge in [0, 0.05) is 69.9 Å². The van der Waals surface area contributed by atoms with Crippen LogP contribution in [-0.4, -0.2) is 95.9 Å². The molecule has 3 amide bonds. The fraction of sp³-hybridized carbons (Fsp3) is 0.386. The highest BCUT2D eigenvalue weighted by Crippen LogP contribution is 2.34. The lowest BCUT2D eigenvalue weighted by Crippen LogP contribution is -2.47. The van der Waals surface area contributed by atoms with E-state index in [1.165, 1.54) is 4.57 Å². The molecule has 0 unspecified atom stereocenters. The number of phenols is 1. The molecule has 2 aliphatic heterocycles. The monoisotopic (exact) mass is 886 g/mol. The highest BCUT2D eigenvalue weighted by atomic mass is 35.5. The van der Waals surface area contributed by atoms with E-state index in [1.54, 1.807) is 17.8 Å². The number of fused-ring (bicyclic) bond motifs is 2. The number of aryl methyl sites for hydroxylation is 1. The number of piperidine rings is 1. The summed E-state index contributed by atoms with van der Waals surface area (Å²) in [5, 5.41) is 20.1. The van der Waals surface area contributed by atoms with Crippen molar-refractivity contribution in [2.75, 3.05) is 44.2 Å². The molecular weight excluding hydrogens is 841 g/mol. The van der Waals surface area contributed by atoms with E-state index in [-0.39, 0.29) is 48.9 Å². The van der Waals surface area contributed by atoms with Crippen LogP contribution in [0.3, 0.4) is 0 Å². The van der Waals surface area contributed by atoms with E-state index < -0.39 is 46.6 Å². The van der Waals surface area contributed by atoms with Crippen LogP contribution in [0.25, 0.3) is 33.2 Å². The van der Waals surface area contributed by atoms with Crippen LogP contribution in [0.5, 0.6) is 5.75 Å². The summed E-state index contributed by atoms with van der Waals surface area (Å²) in [4.78, 5) is 64.0. The summed E-state index contributed by atoms with van der Waals surface area (Å²) in [7, 11) is 1.71. The summed E-state index contributed by atoms with van der Waals surface area (Å²) in [5.74, 6) is -7.00. The van der Waals surface area contributed by atoms with E-state index in [0.717, 1.165) is 104 Å². The Kier molecular flexibility index (Phi) is 12.3. The number of benzene rings is 3. The number of piperazine rings is 1. The van der Waals surface area contributed by atoms with Gasteiger partial charge in [0.05, 0.1) is 46.2 Å². The average molecular weight is 887 g/mol. The summed E-state index contributed by atoms with van der Waals surface area (Å²) in [5.41, 5.74) is 3.96. The Morgan fingerprint density at radius 2 is 1.68 bits per heavy atom. The Labute approximate surface area is 365 Å². The first-order chi connectivity index (χ1) is 29.9. The minimum absolute atomic E-state index is 0. The smallest absolute Gasteiger partial charge is 0.329 e. The molecule has 3 aromatic carbocycles. The summed E-state index contributed by atoms with van der Waals surface area (Å²) >= 11 is 0. The number of aromatic hydroxyl groups is 1. The van der Waals surface area contributed by atoms with E-state index in [0.29, 0.717) is 18.0 Å². The molecule has 1 atom stereocenters. The number of hydrogen-bond acceptors (Lipinski definition) is 10. The van der Waals surface area contributed by atoms with Crippen molar-refractivity contribution < 1.29 is 32.7 Å². The second kappa shape index (κ2) is 17.8. The van der Waals surface area contributed by atoms with Gasteiger partial charge in [-0.1, -0.05) is 18.2 Å². The first-order valence-corrected chi connectivity index (χ1v) is 20.9. The third kappa shape index (κ3) is 8.61. The minimum atomic E-state index is -1.79. The second-order valence-corrected chi connectivity index (χ2v) is 16.5. The molecule has 63 heavy (non-hydrogen) atoms. The summed E-state index contributed by atoms with van der Waals surface area (Å²) < 4.78 is 46.7. The number of phenolic OH excluding ortho intramolecular Hbond substituents is 1. The molecule has 330 valence electrons. The molecule has 0 spiro atoms. The Morgan fingerprint density at radius 1 is 0.905 bits per heavy atom. The lowest BCUT2D eigenvalue weighted by atomic mass is 9.86. The molecular formula is C44H46ClF3N10O5. The molecule has 3 aromatic heterocycles. The zero-order chi connectivity index (χ0) is 43.2. The van der Waals surface area contributed by atoms with Gasteiger partial charge in [0.1, 0.15) is 11.9 Å². The van der Waals surface area contributed by atoms with Crippen molar-refractivity contribution in [3.63, 3.8) is 0 Å². The third-order valence-corrected chi connectivity index (χ3v) is 12.7. The van der Waals surface area contributed by atoms with Gasteiger partial charge in [-0.25, -0.2) is 18.6 Å². The number of hydrogen-bond donors (Lipinski definition) is 3. The van der Waals surface area contributed by atoms with Crippen LogP contribution < -0.4 is 21.2 Å². The largest absolute Gasteiger partial charge is 0.503 e. The topological polar surface area (TPSA) is 173 Å². The van der Waals surface area contributed by atoms with Gasteiger partial charge in [-0.3, -0.25) is 43.4 Å². The van der Waals surface area contributed by atoms with Crippen molar-refractivity contribution in [2.24, 2.45) is 13.0 Å². The van der Waals surface area contributed by atoms with E-state index in [4.69, 9.17) is 15.1 Å². The standard InChI is InChI=1S/C44H45F3N10O5.ClH/c1-53-36-18-25(4-9-34(36)57(44(53)62)35-10-11-38(58)51-43(35)61)12-13-54-14-16-55(17-15-54)37-23-48-33(22-49-37)27-5-6-28-24-56(52-32(28)19-27)29-7-2-26(3-8-29)21-50-42(60)30-20-31(45)41(59)40(47)39(30)46;/h4-6,9,18-20,22-24,26,29,35,59H,2-3,7-8,10-17,21H2,1H3,(H,50,60)(H,51,58,61);1H/t26?,29?,35-;/m1./s1. The lowest BCUT2D eigenvalue weighted by Gasteiger charge is -2.35. The third-order valence-electron chi connectivity index (χ3n) is 12.7. The van der Waals surface area contributed by atoms with Crippen molar-refractivity contribution in [1.29, 1.82) is 0 Å². The van der Waals surface area contributed by atoms with Crippen molar-refractivity contribution in [3.05, 3.63) is 100 Å². The molecule has 19 heteroatoms. The fourth-order valence-electron chi connectivity index (χ4n) is 8.99. The normalized spacial score (nSPS) is 19.6. The van der Waals surface area contributed by atoms with E-state index >= 15 is 0 Å². The van der Waals surface area contributed by atoms with E-state index in [2.05, 4.69) is 20.4 Å². The molecule has 15 nitrogen and oxygen atoms in total. The first kappa shape index (κ1) is 43.4. The number of anilines is 1. The molecule has 1 saturated carbocycles. The van der Waals surface area contributed by atoms with Crippen molar-refractivity contribution in [3.8, 4) is 17.0 Å². The van der Waals surface area contributed by atoms with Crippen LogP contribution in [0.2, 0.25) is 0 Å². The molecule has 9 rings (SSSR count). The van der Waals surface area contributed by atoms with Crippen LogP contribution in [0.15, 0.2) is 65.8 Å². The van der Waals surface area contributed by atoms with E-state index in [9.17, 15) is 37.5 Å². The molecule has 0 radical (unpaired) electrons. The van der Waals surface area contributed by atoms with E-state index in [1.807, 2.05) is 53.5 Å². The van der Waals surface area contributed by atoms with Crippen molar-refractivity contribution in [2.45, 2.75) is 57.0 Å². The van der Waals surface area contributed by atoms with Crippen molar-refractivity contribution >= 4 is 57.9 Å². The number of imidazole rings is 1. The van der Waals surface area contributed by atoms with Gasteiger partial charge < -0.3 is 15.3 Å². The number of halogens is 4. The van der Waals surface area contributed by atoms with Gasteiger partial charge >= 0.3 is 5.69 Å². The zero-order valence-electron chi connectivity index (χ0n) is 34.4. The summed E-state index contributed by atoms with van der Waals surface area (Å²) in [6.07, 6.45) is 10.1. The van der Waals surface area contributed by atoms with Crippen LogP contribution in [0.1, 0.15) is 66.5 Å². The molecule has 3 fully saturated rings. The highest BCUT2D eigenvalue weighted by Gasteiger charge is 2.32. The number of carbonyl (C=O) groups is 3. The maximum atomic E-state index is 14.1. The predicted octanol–water partition coefficient (Wildman–Crippen LogP) is 5.20. The van der Waals surface area contributed by atoms with Crippen LogP contribution in [0.4, 0.5) is 19.0 Å². The molecule has 1 aliphatic carbocycles. The quantitative estimate of drug-likeness (QED) is 0.123. The van der Waals surface area contributed by atoms with Gasteiger partial charge in [0.25, 0.3) is 5.91 Å². The Balaban J connectivity index is 0.00000544. The SMILES string of the molecule is Cl.Cn1c(=O)n([C@@H]2CCC(=O)NC2=O)c2ccc(CCN3CCN(c4cnc(-c5ccc6cn(C7CCC(CNC(=O)c8cc(F)c(O)c(F)c8F)CC7)nc6c5)cn4)CC3)cc21. The van der Waals surface area contributed by atoms with Gasteiger partial charge in [-0.05, 0) is 74.3 Å². The Hall–Kier alpha value is -6.27. The second-order valence-electron chi connectivity index (χ2n) is 16.5. The van der Waals surface area contributed by atoms with Crippen LogP contribution >= 0.6 is 12.4 Å². The minimum Gasteiger partial charge on any atom is -0.503 e. The molecule has 5 heterocycles. The van der Waals surface area contributed by atoms with Gasteiger partial charge in [0.2, 0.25) is 17.6 Å². The lowest BCUT2D eigenvalue weighted by molar-refractivity contribution is -0.135. The number of carbonyl (C=O) groups excluding carboxylic acids is 3. The van der Waals surface area contributed by atoms with Crippen LogP contribution in [0, 0.1) is 23.4 Å². The first-order valence-electron chi connectivity index (χ1n) is 20.9. The number of amides is 3. The Morgan fingerprint density at radius 3 is 2.41 bits per heavy atom. The number of rotatable bonds is 10. The average Bonchev–Trinajstić information content (AvgIpc) is 3.83. The number of nitrogens with one attached hydrogen (secondary N) is 2. The highest BCUT2D eigenvalue weighted by molar-refractivity contribution is 6.00. The number of nitrogens with zero attached hydrogens (tertiary/aromatic N) is 8. The summed E-state index contributed by atoms with van der Waals surface area (Å²) in [6.45, 7) is 4.41. The Bertz CT molecular complexity index is 2780. The molecule has 3 aliphatic rings. The van der Waals surface area contributed by atoms with Gasteiger partial charge in [-0.2, -0.15) is 9.49 Å². The zero-order valence-corrected chi connectivity index (χ0v) is 35.2. The molecule has 0 bridgehead atoms. The van der Waals surface area contributed by atoms with Gasteiger partial charge in [0.15, 0.2) is 17.4 Å². The number of aromatic nitrogens is 6. The molecule has 3 N–H and O–H groups in total. The molecule has 2 saturated heterocycles. The predicted molar refractivity (Wildman–Crippen MR) is 230 cm³/mol. The molecule has 6 aromatic rings. The van der Waals surface area contributed by atoms with Crippen LogP contribution in [-0.2, 0) is 23.1 Å².